The van der Waals surface area contributed by atoms with Gasteiger partial charge in [0.2, 0.25) is 0 Å². The molecule has 1 aliphatic rings. The molecule has 7 heteroatoms. The van der Waals surface area contributed by atoms with Gasteiger partial charge in [0.1, 0.15) is 11.5 Å². The van der Waals surface area contributed by atoms with E-state index in [-0.39, 0.29) is 30.2 Å². The molecule has 1 aromatic carbocycles. The second kappa shape index (κ2) is 6.89. The van der Waals surface area contributed by atoms with Gasteiger partial charge in [0.05, 0.1) is 5.69 Å². The Kier molecular flexibility index (Phi) is 5.15. The van der Waals surface area contributed by atoms with Gasteiger partial charge in [0, 0.05) is 18.2 Å². The van der Waals surface area contributed by atoms with Crippen LogP contribution < -0.4 is 11.1 Å². The molecular formula is C15H18ClFN4O. The number of aromatic amines is 1. The van der Waals surface area contributed by atoms with Crippen molar-refractivity contribution in [3.8, 4) is 11.3 Å². The van der Waals surface area contributed by atoms with Gasteiger partial charge in [0.25, 0.3) is 5.91 Å². The van der Waals surface area contributed by atoms with Gasteiger partial charge in [-0.1, -0.05) is 0 Å². The number of amides is 1. The molecule has 1 fully saturated rings. The lowest BCUT2D eigenvalue weighted by Crippen LogP contribution is -2.38. The Labute approximate surface area is 133 Å². The molecule has 1 saturated carbocycles. The molecule has 1 aromatic heterocycles. The highest BCUT2D eigenvalue weighted by atomic mass is 35.5. The molecular weight excluding hydrogens is 307 g/mol. The van der Waals surface area contributed by atoms with Crippen LogP contribution in [0.5, 0.6) is 0 Å². The van der Waals surface area contributed by atoms with Crippen molar-refractivity contribution in [1.29, 1.82) is 0 Å². The lowest BCUT2D eigenvalue weighted by Gasteiger charge is -2.10. The topological polar surface area (TPSA) is 83.8 Å². The van der Waals surface area contributed by atoms with Crippen LogP contribution in [0, 0.1) is 11.7 Å². The van der Waals surface area contributed by atoms with Crippen LogP contribution in [-0.4, -0.2) is 28.7 Å². The number of halogens is 2. The van der Waals surface area contributed by atoms with E-state index in [0.717, 1.165) is 18.4 Å². The highest BCUT2D eigenvalue weighted by Crippen LogP contribution is 2.31. The van der Waals surface area contributed by atoms with E-state index >= 15 is 0 Å². The summed E-state index contributed by atoms with van der Waals surface area (Å²) in [4.78, 5) is 12.0. The molecule has 1 amide bonds. The quantitative estimate of drug-likeness (QED) is 0.787. The van der Waals surface area contributed by atoms with E-state index in [4.69, 9.17) is 5.73 Å². The minimum atomic E-state index is -0.304. The van der Waals surface area contributed by atoms with Crippen LogP contribution in [0.1, 0.15) is 23.3 Å². The molecule has 0 radical (unpaired) electrons. The van der Waals surface area contributed by atoms with Crippen molar-refractivity contribution in [2.45, 2.75) is 18.9 Å². The van der Waals surface area contributed by atoms with Crippen LogP contribution in [0.15, 0.2) is 30.3 Å². The predicted molar refractivity (Wildman–Crippen MR) is 84.3 cm³/mol. The molecule has 3 rings (SSSR count). The number of hydrogen-bond donors (Lipinski definition) is 3. The molecule has 0 saturated heterocycles. The summed E-state index contributed by atoms with van der Waals surface area (Å²) in [6, 6.07) is 7.63. The summed E-state index contributed by atoms with van der Waals surface area (Å²) >= 11 is 0. The van der Waals surface area contributed by atoms with Crippen LogP contribution in [0.4, 0.5) is 4.39 Å². The average molecular weight is 325 g/mol. The molecule has 0 spiro atoms. The third-order valence-corrected chi connectivity index (χ3v) is 3.69. The van der Waals surface area contributed by atoms with E-state index < -0.39 is 0 Å². The molecule has 118 valence electrons. The van der Waals surface area contributed by atoms with Crippen LogP contribution in [0.2, 0.25) is 0 Å². The molecule has 0 bridgehead atoms. The molecule has 5 nitrogen and oxygen atoms in total. The summed E-state index contributed by atoms with van der Waals surface area (Å²) in [5, 5.41) is 9.56. The van der Waals surface area contributed by atoms with E-state index in [0.29, 0.717) is 23.9 Å². The van der Waals surface area contributed by atoms with Gasteiger partial charge in [-0.15, -0.1) is 12.4 Å². The number of carbonyl (C=O) groups is 1. The van der Waals surface area contributed by atoms with Crippen LogP contribution in [0.3, 0.4) is 0 Å². The Balaban J connectivity index is 0.00000176. The molecule has 1 aliphatic carbocycles. The number of aromatic nitrogens is 2. The first-order valence-corrected chi connectivity index (χ1v) is 6.98. The third-order valence-electron chi connectivity index (χ3n) is 3.69. The first-order chi connectivity index (χ1) is 10.1. The van der Waals surface area contributed by atoms with Crippen molar-refractivity contribution in [1.82, 2.24) is 15.5 Å². The van der Waals surface area contributed by atoms with Gasteiger partial charge in [-0.2, -0.15) is 5.10 Å². The zero-order valence-electron chi connectivity index (χ0n) is 11.9. The fourth-order valence-electron chi connectivity index (χ4n) is 2.20. The smallest absolute Gasteiger partial charge is 0.269 e. The van der Waals surface area contributed by atoms with Crippen LogP contribution in [0.25, 0.3) is 11.3 Å². The summed E-state index contributed by atoms with van der Waals surface area (Å²) < 4.78 is 12.9. The molecule has 0 aliphatic heterocycles. The number of rotatable bonds is 5. The minimum Gasteiger partial charge on any atom is -0.349 e. The summed E-state index contributed by atoms with van der Waals surface area (Å²) in [6.45, 7) is 0.467. The molecule has 22 heavy (non-hydrogen) atoms. The Hall–Kier alpha value is -1.92. The van der Waals surface area contributed by atoms with Crippen molar-refractivity contribution in [3.63, 3.8) is 0 Å². The van der Waals surface area contributed by atoms with Crippen LogP contribution >= 0.6 is 12.4 Å². The van der Waals surface area contributed by atoms with Gasteiger partial charge in [0.15, 0.2) is 0 Å². The molecule has 1 heterocycles. The van der Waals surface area contributed by atoms with Crippen molar-refractivity contribution in [2.75, 3.05) is 6.54 Å². The van der Waals surface area contributed by atoms with E-state index in [1.165, 1.54) is 12.1 Å². The van der Waals surface area contributed by atoms with E-state index in [2.05, 4.69) is 15.5 Å². The van der Waals surface area contributed by atoms with Crippen molar-refractivity contribution < 1.29 is 9.18 Å². The number of carbonyl (C=O) groups excluding carboxylic acids is 1. The molecule has 1 unspecified atom stereocenters. The van der Waals surface area contributed by atoms with Gasteiger partial charge in [-0.05, 0) is 49.1 Å². The van der Waals surface area contributed by atoms with Crippen molar-refractivity contribution >= 4 is 18.3 Å². The van der Waals surface area contributed by atoms with Gasteiger partial charge in [-0.25, -0.2) is 4.39 Å². The minimum absolute atomic E-state index is 0. The van der Waals surface area contributed by atoms with Gasteiger partial charge in [-0.3, -0.25) is 9.89 Å². The lowest BCUT2D eigenvalue weighted by molar-refractivity contribution is 0.0945. The zero-order valence-corrected chi connectivity index (χ0v) is 12.7. The molecule has 4 N–H and O–H groups in total. The molecule has 2 aromatic rings. The Morgan fingerprint density at radius 2 is 2.09 bits per heavy atom. The SMILES string of the molecule is Cl.NC(CNC(=O)c1cc(-c2ccc(F)cc2)n[nH]1)C1CC1. The lowest BCUT2D eigenvalue weighted by atomic mass is 10.1. The van der Waals surface area contributed by atoms with Crippen molar-refractivity contribution in [2.24, 2.45) is 11.7 Å². The standard InChI is InChI=1S/C15H17FN4O.ClH/c16-11-5-3-10(4-6-11)13-7-14(20-19-13)15(21)18-8-12(17)9-1-2-9;/h3-7,9,12H,1-2,8,17H2,(H,18,21)(H,19,20);1H. The number of benzene rings is 1. The number of hydrogen-bond acceptors (Lipinski definition) is 3. The Bertz CT molecular complexity index is 639. The zero-order chi connectivity index (χ0) is 14.8. The number of nitrogens with zero attached hydrogens (tertiary/aromatic N) is 1. The van der Waals surface area contributed by atoms with Gasteiger partial charge < -0.3 is 11.1 Å². The normalized spacial score (nSPS) is 15.0. The van der Waals surface area contributed by atoms with E-state index in [1.54, 1.807) is 18.2 Å². The highest BCUT2D eigenvalue weighted by molar-refractivity contribution is 5.93. The number of H-pyrrole nitrogens is 1. The van der Waals surface area contributed by atoms with Gasteiger partial charge >= 0.3 is 0 Å². The summed E-state index contributed by atoms with van der Waals surface area (Å²) in [5.41, 5.74) is 7.67. The maximum absolute atomic E-state index is 12.9. The number of nitrogens with two attached hydrogens (primary N) is 1. The summed E-state index contributed by atoms with van der Waals surface area (Å²) in [7, 11) is 0. The first-order valence-electron chi connectivity index (χ1n) is 6.98. The van der Waals surface area contributed by atoms with Crippen molar-refractivity contribution in [3.05, 3.63) is 41.8 Å². The molecule has 1 atom stereocenters. The Morgan fingerprint density at radius 3 is 2.73 bits per heavy atom. The second-order valence-corrected chi connectivity index (χ2v) is 5.39. The average Bonchev–Trinajstić information content (AvgIpc) is 3.23. The predicted octanol–water partition coefficient (Wildman–Crippen LogP) is 2.10. The Morgan fingerprint density at radius 1 is 1.41 bits per heavy atom. The first kappa shape index (κ1) is 16.5. The monoisotopic (exact) mass is 324 g/mol. The highest BCUT2D eigenvalue weighted by Gasteiger charge is 2.28. The maximum atomic E-state index is 12.9. The fourth-order valence-corrected chi connectivity index (χ4v) is 2.20. The summed E-state index contributed by atoms with van der Waals surface area (Å²) in [5.74, 6) is 0.00937. The fraction of sp³-hybridized carbons (Fsp3) is 0.333. The largest absolute Gasteiger partial charge is 0.349 e. The second-order valence-electron chi connectivity index (χ2n) is 5.39. The third kappa shape index (κ3) is 3.84. The van der Waals surface area contributed by atoms with E-state index in [1.807, 2.05) is 0 Å². The summed E-state index contributed by atoms with van der Waals surface area (Å²) in [6.07, 6.45) is 2.30. The number of nitrogens with one attached hydrogen (secondary N) is 2. The maximum Gasteiger partial charge on any atom is 0.269 e. The van der Waals surface area contributed by atoms with E-state index in [9.17, 15) is 9.18 Å². The van der Waals surface area contributed by atoms with Crippen LogP contribution in [-0.2, 0) is 0 Å².